The van der Waals surface area contributed by atoms with Gasteiger partial charge in [0.25, 0.3) is 0 Å². The fraction of sp³-hybridized carbons (Fsp3) is 1.00. The number of hydrogen-bond acceptors (Lipinski definition) is 2. The van der Waals surface area contributed by atoms with E-state index in [1.807, 2.05) is 0 Å². The zero-order valence-electron chi connectivity index (χ0n) is 21.0. The quantitative estimate of drug-likeness (QED) is 0.119. The summed E-state index contributed by atoms with van der Waals surface area (Å²) in [7, 11) is -1.94. The Bertz CT molecular complexity index is 314. The van der Waals surface area contributed by atoms with E-state index in [9.17, 15) is 0 Å². The molecule has 176 valence electrons. The zero-order chi connectivity index (χ0) is 21.6. The van der Waals surface area contributed by atoms with Crippen molar-refractivity contribution in [1.82, 2.24) is 0 Å². The average Bonchev–Trinajstić information content (AvgIpc) is 2.75. The van der Waals surface area contributed by atoms with Crippen molar-refractivity contribution in [2.75, 3.05) is 13.2 Å². The average molecular weight is 429 g/mol. The molecule has 0 aromatic carbocycles. The summed E-state index contributed by atoms with van der Waals surface area (Å²) in [6.07, 6.45) is 22.1. The smallest absolute Gasteiger partial charge is 0.337 e. The van der Waals surface area contributed by atoms with Crippen LogP contribution in [0.1, 0.15) is 137 Å². The predicted octanol–water partition coefficient (Wildman–Crippen LogP) is 9.42. The van der Waals surface area contributed by atoms with Gasteiger partial charge in [-0.25, -0.2) is 0 Å². The molecule has 0 atom stereocenters. The Morgan fingerprint density at radius 1 is 0.517 bits per heavy atom. The van der Waals surface area contributed by atoms with Crippen molar-refractivity contribution in [2.45, 2.75) is 149 Å². The largest absolute Gasteiger partial charge is 0.394 e. The molecule has 0 aliphatic rings. The summed E-state index contributed by atoms with van der Waals surface area (Å²) in [5, 5.41) is 0. The summed E-state index contributed by atoms with van der Waals surface area (Å²) in [5.41, 5.74) is 0. The predicted molar refractivity (Wildman–Crippen MR) is 133 cm³/mol. The van der Waals surface area contributed by atoms with E-state index in [4.69, 9.17) is 8.85 Å². The molecule has 0 aromatic heterocycles. The Hall–Kier alpha value is 0.137. The van der Waals surface area contributed by atoms with Crippen LogP contribution in [0.4, 0.5) is 0 Å². The van der Waals surface area contributed by atoms with Crippen LogP contribution in [0.2, 0.25) is 12.1 Å². The van der Waals surface area contributed by atoms with E-state index in [1.54, 1.807) is 0 Å². The van der Waals surface area contributed by atoms with Gasteiger partial charge in [0.2, 0.25) is 0 Å². The second-order valence-electron chi connectivity index (χ2n) is 9.06. The van der Waals surface area contributed by atoms with Crippen LogP contribution >= 0.6 is 0 Å². The van der Waals surface area contributed by atoms with Gasteiger partial charge in [0.05, 0.1) is 0 Å². The molecule has 0 amide bonds. The van der Waals surface area contributed by atoms with E-state index < -0.39 is 8.56 Å². The van der Waals surface area contributed by atoms with Crippen LogP contribution in [0, 0.1) is 5.92 Å². The van der Waals surface area contributed by atoms with E-state index in [0.29, 0.717) is 5.92 Å². The third-order valence-corrected chi connectivity index (χ3v) is 10.3. The van der Waals surface area contributed by atoms with E-state index in [-0.39, 0.29) is 0 Å². The zero-order valence-corrected chi connectivity index (χ0v) is 22.0. The highest BCUT2D eigenvalue weighted by atomic mass is 28.4. The highest BCUT2D eigenvalue weighted by molar-refractivity contribution is 6.67. The van der Waals surface area contributed by atoms with Gasteiger partial charge in [-0.15, -0.1) is 0 Å². The summed E-state index contributed by atoms with van der Waals surface area (Å²) in [5.74, 6) is 0.699. The molecule has 0 spiro atoms. The van der Waals surface area contributed by atoms with E-state index in [0.717, 1.165) is 25.3 Å². The first-order chi connectivity index (χ1) is 14.2. The molecule has 0 rings (SSSR count). The summed E-state index contributed by atoms with van der Waals surface area (Å²) >= 11 is 0. The van der Waals surface area contributed by atoms with Crippen LogP contribution in [0.3, 0.4) is 0 Å². The maximum absolute atomic E-state index is 6.41. The summed E-state index contributed by atoms with van der Waals surface area (Å²) in [6.45, 7) is 13.2. The maximum atomic E-state index is 6.41. The van der Waals surface area contributed by atoms with Crippen molar-refractivity contribution in [1.29, 1.82) is 0 Å². The van der Waals surface area contributed by atoms with E-state index in [1.165, 1.54) is 103 Å². The third kappa shape index (κ3) is 16.5. The molecule has 29 heavy (non-hydrogen) atoms. The van der Waals surface area contributed by atoms with Gasteiger partial charge in [0, 0.05) is 13.2 Å². The minimum Gasteiger partial charge on any atom is -0.394 e. The molecule has 0 fully saturated rings. The molecule has 0 radical (unpaired) electrons. The van der Waals surface area contributed by atoms with Gasteiger partial charge in [-0.3, -0.25) is 0 Å². The van der Waals surface area contributed by atoms with Gasteiger partial charge in [-0.05, 0) is 24.4 Å². The molecule has 0 heterocycles. The lowest BCUT2D eigenvalue weighted by Gasteiger charge is -2.30. The Labute approximate surface area is 186 Å². The fourth-order valence-electron chi connectivity index (χ4n) is 4.05. The lowest BCUT2D eigenvalue weighted by atomic mass is 10.0. The first kappa shape index (κ1) is 29.1. The highest BCUT2D eigenvalue weighted by Crippen LogP contribution is 2.22. The Morgan fingerprint density at radius 2 is 0.931 bits per heavy atom. The number of rotatable bonds is 23. The van der Waals surface area contributed by atoms with Crippen molar-refractivity contribution >= 4 is 8.56 Å². The molecule has 3 heteroatoms. The van der Waals surface area contributed by atoms with Gasteiger partial charge in [0.1, 0.15) is 0 Å². The van der Waals surface area contributed by atoms with Crippen molar-refractivity contribution in [2.24, 2.45) is 5.92 Å². The van der Waals surface area contributed by atoms with Gasteiger partial charge in [-0.1, -0.05) is 131 Å². The molecular formula is C26H56O2Si. The molecule has 2 nitrogen and oxygen atoms in total. The Morgan fingerprint density at radius 3 is 1.31 bits per heavy atom. The topological polar surface area (TPSA) is 18.5 Å². The summed E-state index contributed by atoms with van der Waals surface area (Å²) in [6, 6.07) is 2.17. The normalized spacial score (nSPS) is 12.2. The minimum atomic E-state index is -1.94. The monoisotopic (exact) mass is 428 g/mol. The van der Waals surface area contributed by atoms with Crippen molar-refractivity contribution < 1.29 is 8.85 Å². The van der Waals surface area contributed by atoms with Gasteiger partial charge in [0.15, 0.2) is 0 Å². The fourth-order valence-corrected chi connectivity index (χ4v) is 6.50. The standard InChI is InChI=1S/C26H56O2Si/c1-6-11-12-13-14-15-16-17-18-19-20-21-22-23-24-27-29(9-4,10-5)28-25-26(7-2)8-3/h26H,6-25H2,1-5H3. The van der Waals surface area contributed by atoms with Crippen LogP contribution < -0.4 is 0 Å². The lowest BCUT2D eigenvalue weighted by molar-refractivity contribution is 0.140. The lowest BCUT2D eigenvalue weighted by Crippen LogP contribution is -2.42. The molecule has 0 aliphatic heterocycles. The third-order valence-electron chi connectivity index (χ3n) is 6.68. The van der Waals surface area contributed by atoms with Crippen molar-refractivity contribution in [3.63, 3.8) is 0 Å². The summed E-state index contributed by atoms with van der Waals surface area (Å²) < 4.78 is 12.8. The number of unbranched alkanes of at least 4 members (excludes halogenated alkanes) is 13. The Balaban J connectivity index is 3.58. The maximum Gasteiger partial charge on any atom is 0.337 e. The van der Waals surface area contributed by atoms with Gasteiger partial charge in [-0.2, -0.15) is 0 Å². The van der Waals surface area contributed by atoms with E-state index >= 15 is 0 Å². The van der Waals surface area contributed by atoms with Gasteiger partial charge < -0.3 is 8.85 Å². The first-order valence-electron chi connectivity index (χ1n) is 13.5. The second kappa shape index (κ2) is 21.4. The molecule has 0 N–H and O–H groups in total. The molecule has 0 bridgehead atoms. The molecule has 0 unspecified atom stereocenters. The van der Waals surface area contributed by atoms with Crippen LogP contribution in [0.25, 0.3) is 0 Å². The molecule has 0 aromatic rings. The van der Waals surface area contributed by atoms with Gasteiger partial charge >= 0.3 is 8.56 Å². The molecular weight excluding hydrogens is 372 g/mol. The van der Waals surface area contributed by atoms with Crippen LogP contribution in [0.15, 0.2) is 0 Å². The SMILES string of the molecule is CCCCCCCCCCCCCCCCO[Si](CC)(CC)OCC(CC)CC. The highest BCUT2D eigenvalue weighted by Gasteiger charge is 2.33. The molecule has 0 saturated carbocycles. The van der Waals surface area contributed by atoms with Crippen molar-refractivity contribution in [3.8, 4) is 0 Å². The van der Waals surface area contributed by atoms with Crippen LogP contribution in [-0.4, -0.2) is 21.8 Å². The molecule has 0 aliphatic carbocycles. The number of hydrogen-bond donors (Lipinski definition) is 0. The Kier molecular flexibility index (Phi) is 21.5. The van der Waals surface area contributed by atoms with Crippen molar-refractivity contribution in [3.05, 3.63) is 0 Å². The molecule has 0 saturated heterocycles. The minimum absolute atomic E-state index is 0.699. The summed E-state index contributed by atoms with van der Waals surface area (Å²) in [4.78, 5) is 0. The second-order valence-corrected chi connectivity index (χ2v) is 12.9. The first-order valence-corrected chi connectivity index (χ1v) is 15.7. The van der Waals surface area contributed by atoms with Crippen LogP contribution in [0.5, 0.6) is 0 Å². The van der Waals surface area contributed by atoms with E-state index in [2.05, 4.69) is 34.6 Å². The van der Waals surface area contributed by atoms with Crippen LogP contribution in [-0.2, 0) is 8.85 Å².